The van der Waals surface area contributed by atoms with Crippen molar-refractivity contribution in [1.29, 1.82) is 0 Å². The molecule has 3 N–H and O–H groups in total. The third-order valence-electron chi connectivity index (χ3n) is 12.3. The van der Waals surface area contributed by atoms with E-state index in [9.17, 15) is 24.3 Å². The molecule has 6 amide bonds. The van der Waals surface area contributed by atoms with E-state index in [0.717, 1.165) is 26.1 Å². The van der Waals surface area contributed by atoms with Gasteiger partial charge in [0.25, 0.3) is 0 Å². The van der Waals surface area contributed by atoms with E-state index in [2.05, 4.69) is 0 Å². The number of allylic oxidation sites excluding steroid dienone is 2. The second-order valence-corrected chi connectivity index (χ2v) is 16.7. The van der Waals surface area contributed by atoms with Gasteiger partial charge >= 0.3 is 6.03 Å². The minimum atomic E-state index is -1.43. The van der Waals surface area contributed by atoms with E-state index in [4.69, 9.17) is 27.2 Å². The quantitative estimate of drug-likeness (QED) is 0.139. The highest BCUT2D eigenvalue weighted by atomic mass is 35.5. The van der Waals surface area contributed by atoms with Gasteiger partial charge in [0, 0.05) is 40.4 Å². The molecule has 5 aromatic rings. The number of rotatable bonds is 6. The molecule has 4 heterocycles. The lowest BCUT2D eigenvalue weighted by Crippen LogP contribution is -2.49. The van der Waals surface area contributed by atoms with Crippen molar-refractivity contribution in [1.82, 2.24) is 14.7 Å². The molecule has 6 unspecified atom stereocenters. The van der Waals surface area contributed by atoms with E-state index in [-0.39, 0.29) is 31.0 Å². The zero-order valence-electron chi connectivity index (χ0n) is 30.6. The number of hydrogen-bond acceptors (Lipinski definition) is 9. The van der Waals surface area contributed by atoms with Crippen LogP contribution in [0.2, 0.25) is 5.02 Å². The second-order valence-electron chi connectivity index (χ2n) is 15.2. The summed E-state index contributed by atoms with van der Waals surface area (Å²) in [6, 6.07) is 20.7. The Morgan fingerprint density at radius 1 is 1.02 bits per heavy atom. The van der Waals surface area contributed by atoms with Crippen LogP contribution in [-0.2, 0) is 32.8 Å². The van der Waals surface area contributed by atoms with Crippen molar-refractivity contribution in [3.63, 3.8) is 0 Å². The Hall–Kier alpha value is -5.79. The lowest BCUT2D eigenvalue weighted by atomic mass is 9.51. The molecule has 0 spiro atoms. The van der Waals surface area contributed by atoms with Gasteiger partial charge in [0.2, 0.25) is 23.6 Å². The van der Waals surface area contributed by atoms with Gasteiger partial charge in [-0.15, -0.1) is 11.3 Å². The molecular weight excluding hydrogens is 754 g/mol. The number of nitrogens with two attached hydrogens (primary N) is 1. The molecule has 9 rings (SSSR count). The number of imide groups is 4. The highest BCUT2D eigenvalue weighted by Gasteiger charge is 2.68. The van der Waals surface area contributed by atoms with Gasteiger partial charge in [-0.3, -0.25) is 23.9 Å². The van der Waals surface area contributed by atoms with Crippen LogP contribution in [0.4, 0.5) is 10.6 Å². The number of fused-ring (bicyclic) bond motifs is 5. The van der Waals surface area contributed by atoms with Gasteiger partial charge in [0.1, 0.15) is 29.6 Å². The number of halogens is 1. The molecule has 2 aromatic heterocycles. The van der Waals surface area contributed by atoms with Gasteiger partial charge in [-0.05, 0) is 73.4 Å². The number of phenolic OH excluding ortho intramolecular Hbond substituents is 1. The molecule has 2 aliphatic heterocycles. The number of primary amides is 1. The molecule has 14 heteroatoms. The number of likely N-dealkylation sites (tertiary alicyclic amines) is 1. The van der Waals surface area contributed by atoms with Crippen LogP contribution in [0, 0.1) is 36.0 Å². The molecule has 56 heavy (non-hydrogen) atoms. The van der Waals surface area contributed by atoms with Crippen LogP contribution >= 0.6 is 22.9 Å². The number of aromatic hydroxyl groups is 1. The van der Waals surface area contributed by atoms with Crippen molar-refractivity contribution in [2.45, 2.75) is 39.2 Å². The second kappa shape index (κ2) is 12.9. The summed E-state index contributed by atoms with van der Waals surface area (Å²) in [6.07, 6.45) is 2.02. The van der Waals surface area contributed by atoms with E-state index in [1.165, 1.54) is 27.0 Å². The standard InChI is InChI=1S/C42H36ClN5O7S/c1-20-27-15-22(43)9-14-32(27)56-36(20)30-18-33(46(3)45-30)47-38(51)29-17-28-24(12-13-26-34(28)39(52)48(37(26)50)41(44)54)35(42(29,2)40(47)53)25-11-10-23(16-31(25)49)55-19-21-7-5-4-6-8-21/h4-12,14-16,18,26,28-29,34-35,49H,13,17,19H2,1-3H3,(H2,44,54). The Balaban J connectivity index is 1.14. The van der Waals surface area contributed by atoms with E-state index < -0.39 is 64.7 Å². The number of thiophene rings is 1. The van der Waals surface area contributed by atoms with Crippen LogP contribution in [0.25, 0.3) is 20.7 Å². The molecule has 0 bridgehead atoms. The van der Waals surface area contributed by atoms with E-state index in [1.807, 2.05) is 61.5 Å². The first-order valence-electron chi connectivity index (χ1n) is 18.3. The van der Waals surface area contributed by atoms with Gasteiger partial charge in [0.05, 0.1) is 28.0 Å². The third kappa shape index (κ3) is 5.17. The molecule has 284 valence electrons. The summed E-state index contributed by atoms with van der Waals surface area (Å²) < 4.78 is 8.53. The first-order valence-corrected chi connectivity index (χ1v) is 19.5. The molecule has 3 aromatic carbocycles. The Morgan fingerprint density at radius 2 is 1.79 bits per heavy atom. The third-order valence-corrected chi connectivity index (χ3v) is 13.8. The van der Waals surface area contributed by atoms with Crippen LogP contribution in [0.3, 0.4) is 0 Å². The Morgan fingerprint density at radius 3 is 2.52 bits per heavy atom. The smallest absolute Gasteiger partial charge is 0.328 e. The lowest BCUT2D eigenvalue weighted by Gasteiger charge is -2.49. The van der Waals surface area contributed by atoms with Crippen LogP contribution in [0.1, 0.15) is 42.4 Å². The minimum absolute atomic E-state index is 0.0621. The average Bonchev–Trinajstić information content (AvgIpc) is 3.84. The van der Waals surface area contributed by atoms with Gasteiger partial charge < -0.3 is 15.6 Å². The molecular formula is C42H36ClN5O7S. The van der Waals surface area contributed by atoms with Gasteiger partial charge in [-0.1, -0.05) is 59.6 Å². The van der Waals surface area contributed by atoms with E-state index in [0.29, 0.717) is 32.5 Å². The van der Waals surface area contributed by atoms with Crippen LogP contribution in [-0.4, -0.2) is 49.4 Å². The zero-order valence-corrected chi connectivity index (χ0v) is 32.1. The number of benzene rings is 3. The van der Waals surface area contributed by atoms with Crippen molar-refractivity contribution in [3.05, 3.63) is 106 Å². The molecule has 1 saturated carbocycles. The maximum atomic E-state index is 15.1. The largest absolute Gasteiger partial charge is 0.508 e. The number of aryl methyl sites for hydroxylation is 2. The van der Waals surface area contributed by atoms with Crippen LogP contribution in [0.15, 0.2) is 84.4 Å². The number of urea groups is 1. The van der Waals surface area contributed by atoms with E-state index in [1.54, 1.807) is 32.2 Å². The molecule has 2 saturated heterocycles. The monoisotopic (exact) mass is 789 g/mol. The maximum Gasteiger partial charge on any atom is 0.328 e. The van der Waals surface area contributed by atoms with Crippen LogP contribution in [0.5, 0.6) is 11.5 Å². The van der Waals surface area contributed by atoms with Crippen molar-refractivity contribution >= 4 is 68.5 Å². The van der Waals surface area contributed by atoms with Gasteiger partial charge in [0.15, 0.2) is 0 Å². The van der Waals surface area contributed by atoms with E-state index >= 15 is 4.79 Å². The van der Waals surface area contributed by atoms with Crippen molar-refractivity contribution in [2.75, 3.05) is 4.90 Å². The Labute approximate surface area is 330 Å². The SMILES string of the molecule is Cc1c(-c2cc(N3C(=O)C4CC5C(=CCC6C(=O)N(C(N)=O)C(=O)C65)C(c5ccc(OCc6ccccc6)cc5O)C4(C)C3=O)n(C)n2)sc2ccc(Cl)cc12. The number of phenols is 1. The molecule has 6 atom stereocenters. The fourth-order valence-electron chi connectivity index (χ4n) is 9.61. The average molecular weight is 790 g/mol. The molecule has 2 aliphatic carbocycles. The summed E-state index contributed by atoms with van der Waals surface area (Å²) in [4.78, 5) is 72.0. The van der Waals surface area contributed by atoms with Crippen molar-refractivity contribution < 1.29 is 33.8 Å². The highest BCUT2D eigenvalue weighted by molar-refractivity contribution is 7.22. The number of carbonyl (C=O) groups is 5. The Bertz CT molecular complexity index is 2580. The molecule has 0 radical (unpaired) electrons. The summed E-state index contributed by atoms with van der Waals surface area (Å²) in [7, 11) is 1.68. The first kappa shape index (κ1) is 35.9. The lowest BCUT2D eigenvalue weighted by molar-refractivity contribution is -0.136. The molecule has 4 aliphatic rings. The van der Waals surface area contributed by atoms with Gasteiger partial charge in [-0.25, -0.2) is 9.69 Å². The Kier molecular flexibility index (Phi) is 8.26. The summed E-state index contributed by atoms with van der Waals surface area (Å²) in [5.74, 6) is -6.21. The normalized spacial score (nSPS) is 25.7. The number of ether oxygens (including phenoxy) is 1. The molecule has 3 fully saturated rings. The maximum absolute atomic E-state index is 15.1. The van der Waals surface area contributed by atoms with Crippen molar-refractivity contribution in [3.8, 4) is 22.1 Å². The first-order chi connectivity index (χ1) is 26.8. The summed E-state index contributed by atoms with van der Waals surface area (Å²) in [5, 5.41) is 18.1. The predicted molar refractivity (Wildman–Crippen MR) is 209 cm³/mol. The summed E-state index contributed by atoms with van der Waals surface area (Å²) >= 11 is 7.84. The summed E-state index contributed by atoms with van der Waals surface area (Å²) in [5.41, 5.74) is 7.58. The number of hydrogen-bond donors (Lipinski definition) is 2. The highest BCUT2D eigenvalue weighted by Crippen LogP contribution is 2.64. The zero-order chi connectivity index (χ0) is 39.4. The minimum Gasteiger partial charge on any atom is -0.508 e. The predicted octanol–water partition coefficient (Wildman–Crippen LogP) is 6.86. The number of anilines is 1. The molecule has 12 nitrogen and oxygen atoms in total. The topological polar surface area (TPSA) is 165 Å². The number of nitrogens with zero attached hydrogens (tertiary/aromatic N) is 4. The fourth-order valence-corrected chi connectivity index (χ4v) is 10.9. The van der Waals surface area contributed by atoms with Gasteiger partial charge in [-0.2, -0.15) is 10.00 Å². The van der Waals surface area contributed by atoms with Crippen LogP contribution < -0.4 is 15.4 Å². The fraction of sp³-hybridized carbons (Fsp3) is 0.286. The summed E-state index contributed by atoms with van der Waals surface area (Å²) in [6.45, 7) is 3.97. The van der Waals surface area contributed by atoms with Crippen molar-refractivity contribution in [2.24, 2.45) is 41.9 Å². The number of amides is 6. The number of carbonyl (C=O) groups excluding carboxylic acids is 5. The number of aromatic nitrogens is 2.